The molecule has 2 amide bonds. The maximum Gasteiger partial charge on any atom is 0.291 e. The lowest BCUT2D eigenvalue weighted by atomic mass is 10.2. The lowest BCUT2D eigenvalue weighted by Gasteiger charge is -2.27. The van der Waals surface area contributed by atoms with Crippen LogP contribution in [0.5, 0.6) is 5.75 Å². The first kappa shape index (κ1) is 24.9. The van der Waals surface area contributed by atoms with E-state index in [4.69, 9.17) is 4.74 Å². The number of pyridine rings is 1. The molecule has 1 aliphatic rings. The summed E-state index contributed by atoms with van der Waals surface area (Å²) in [5.74, 6) is 1.20. The zero-order chi connectivity index (χ0) is 25.8. The molecule has 0 spiro atoms. The fourth-order valence-electron chi connectivity index (χ4n) is 4.04. The lowest BCUT2D eigenvalue weighted by Crippen LogP contribution is -2.45. The minimum absolute atomic E-state index is 0.141. The number of ether oxygens (including phenoxy) is 1. The average molecular weight is 536 g/mol. The Labute approximate surface area is 222 Å². The quantitative estimate of drug-likeness (QED) is 0.313. The summed E-state index contributed by atoms with van der Waals surface area (Å²) < 4.78 is 7.21. The predicted octanol–water partition coefficient (Wildman–Crippen LogP) is 3.87. The number of thiazole rings is 1. The number of hydrazine groups is 1. The molecule has 12 heteroatoms. The van der Waals surface area contributed by atoms with Crippen molar-refractivity contribution in [1.29, 1.82) is 0 Å². The van der Waals surface area contributed by atoms with E-state index < -0.39 is 0 Å². The summed E-state index contributed by atoms with van der Waals surface area (Å²) >= 11 is 2.70. The van der Waals surface area contributed by atoms with Gasteiger partial charge < -0.3 is 9.30 Å². The third-order valence-electron chi connectivity index (χ3n) is 5.89. The van der Waals surface area contributed by atoms with Crippen LogP contribution in [-0.2, 0) is 11.3 Å². The number of aromatic nitrogens is 5. The largest absolute Gasteiger partial charge is 0.497 e. The summed E-state index contributed by atoms with van der Waals surface area (Å²) in [6, 6.07) is 11.3. The van der Waals surface area contributed by atoms with E-state index in [2.05, 4.69) is 20.2 Å². The minimum atomic E-state index is -0.277. The van der Waals surface area contributed by atoms with Crippen molar-refractivity contribution in [3.05, 3.63) is 59.9 Å². The van der Waals surface area contributed by atoms with E-state index in [0.29, 0.717) is 36.9 Å². The van der Waals surface area contributed by atoms with E-state index in [0.717, 1.165) is 27.7 Å². The molecule has 0 unspecified atom stereocenters. The van der Waals surface area contributed by atoms with Crippen molar-refractivity contribution in [2.24, 2.45) is 0 Å². The first-order valence-electron chi connectivity index (χ1n) is 11.8. The van der Waals surface area contributed by atoms with Gasteiger partial charge in [0.2, 0.25) is 0 Å². The van der Waals surface area contributed by atoms with Crippen molar-refractivity contribution >= 4 is 34.9 Å². The van der Waals surface area contributed by atoms with Crippen LogP contribution in [0.15, 0.2) is 59.3 Å². The Morgan fingerprint density at radius 1 is 1.08 bits per heavy atom. The van der Waals surface area contributed by atoms with Gasteiger partial charge in [-0.05, 0) is 49.7 Å². The standard InChI is InChI=1S/C25H25N7O3S2/c1-3-30-22(17-7-9-19(35-2)10-8-17)28-29-25(30)37-16-21(33)31-12-5-13-32(31)24(34)20-15-36-23(27-20)18-6-4-11-26-14-18/h4,6-11,14-15H,3,5,12-13,16H2,1-2H3. The molecule has 4 heterocycles. The van der Waals surface area contributed by atoms with Crippen LogP contribution >= 0.6 is 23.1 Å². The molecule has 0 atom stereocenters. The molecular weight excluding hydrogens is 510 g/mol. The Morgan fingerprint density at radius 2 is 1.89 bits per heavy atom. The van der Waals surface area contributed by atoms with Crippen LogP contribution < -0.4 is 4.74 Å². The number of hydrogen-bond acceptors (Lipinski definition) is 9. The molecule has 3 aromatic heterocycles. The molecule has 0 saturated carbocycles. The zero-order valence-corrected chi connectivity index (χ0v) is 22.0. The molecule has 0 N–H and O–H groups in total. The molecule has 1 saturated heterocycles. The van der Waals surface area contributed by atoms with Gasteiger partial charge in [0.25, 0.3) is 11.8 Å². The molecule has 0 aliphatic carbocycles. The van der Waals surface area contributed by atoms with Crippen molar-refractivity contribution in [2.45, 2.75) is 25.0 Å². The number of hydrogen-bond donors (Lipinski definition) is 0. The summed E-state index contributed by atoms with van der Waals surface area (Å²) in [5, 5.41) is 14.8. The minimum Gasteiger partial charge on any atom is -0.497 e. The Morgan fingerprint density at radius 3 is 2.62 bits per heavy atom. The maximum absolute atomic E-state index is 13.2. The highest BCUT2D eigenvalue weighted by molar-refractivity contribution is 7.99. The fraction of sp³-hybridized carbons (Fsp3) is 0.280. The number of carbonyl (C=O) groups is 2. The molecule has 37 heavy (non-hydrogen) atoms. The SMILES string of the molecule is CCn1c(SCC(=O)N2CCCN2C(=O)c2csc(-c3cccnc3)n2)nnc1-c1ccc(OC)cc1. The Hall–Kier alpha value is -3.77. The van der Waals surface area contributed by atoms with Gasteiger partial charge >= 0.3 is 0 Å². The van der Waals surface area contributed by atoms with E-state index in [1.165, 1.54) is 33.1 Å². The first-order chi connectivity index (χ1) is 18.1. The van der Waals surface area contributed by atoms with Crippen LogP contribution in [-0.4, -0.2) is 72.5 Å². The van der Waals surface area contributed by atoms with Crippen molar-refractivity contribution in [3.8, 4) is 27.7 Å². The summed E-state index contributed by atoms with van der Waals surface area (Å²) in [6.07, 6.45) is 4.12. The van der Waals surface area contributed by atoms with E-state index in [-0.39, 0.29) is 17.6 Å². The summed E-state index contributed by atoms with van der Waals surface area (Å²) in [5.41, 5.74) is 2.09. The molecule has 1 aliphatic heterocycles. The second-order valence-corrected chi connectivity index (χ2v) is 9.95. The lowest BCUT2D eigenvalue weighted by molar-refractivity contribution is -0.137. The number of rotatable bonds is 8. The molecular formula is C25H25N7O3S2. The van der Waals surface area contributed by atoms with Gasteiger partial charge in [0.15, 0.2) is 11.0 Å². The average Bonchev–Trinajstić information content (AvgIpc) is 3.71. The second kappa shape index (κ2) is 11.1. The third-order valence-corrected chi connectivity index (χ3v) is 7.73. The number of methoxy groups -OCH3 is 1. The highest BCUT2D eigenvalue weighted by atomic mass is 32.2. The Bertz CT molecular complexity index is 1390. The molecule has 1 aromatic carbocycles. The maximum atomic E-state index is 13.2. The topological polar surface area (TPSA) is 106 Å². The van der Waals surface area contributed by atoms with Gasteiger partial charge in [0.1, 0.15) is 16.5 Å². The van der Waals surface area contributed by atoms with Crippen LogP contribution in [0.3, 0.4) is 0 Å². The molecule has 5 rings (SSSR count). The fourth-order valence-corrected chi connectivity index (χ4v) is 5.70. The smallest absolute Gasteiger partial charge is 0.291 e. The first-order valence-corrected chi connectivity index (χ1v) is 13.6. The van der Waals surface area contributed by atoms with Gasteiger partial charge in [-0.3, -0.25) is 19.6 Å². The highest BCUT2D eigenvalue weighted by Crippen LogP contribution is 2.27. The molecule has 0 radical (unpaired) electrons. The highest BCUT2D eigenvalue weighted by Gasteiger charge is 2.32. The summed E-state index contributed by atoms with van der Waals surface area (Å²) in [4.78, 5) is 35.0. The van der Waals surface area contributed by atoms with Crippen molar-refractivity contribution in [3.63, 3.8) is 0 Å². The molecule has 0 bridgehead atoms. The van der Waals surface area contributed by atoms with E-state index in [1.54, 1.807) is 24.9 Å². The number of amides is 2. The third kappa shape index (κ3) is 5.20. The van der Waals surface area contributed by atoms with Crippen LogP contribution in [0.4, 0.5) is 0 Å². The summed E-state index contributed by atoms with van der Waals surface area (Å²) in [7, 11) is 1.63. The monoisotopic (exact) mass is 535 g/mol. The number of thioether (sulfide) groups is 1. The molecule has 10 nitrogen and oxygen atoms in total. The Kier molecular flexibility index (Phi) is 7.47. The second-order valence-electron chi connectivity index (χ2n) is 8.15. The van der Waals surface area contributed by atoms with E-state index in [9.17, 15) is 9.59 Å². The van der Waals surface area contributed by atoms with Crippen LogP contribution in [0.1, 0.15) is 23.8 Å². The zero-order valence-electron chi connectivity index (χ0n) is 20.4. The van der Waals surface area contributed by atoms with Gasteiger partial charge in [-0.25, -0.2) is 9.99 Å². The molecule has 4 aromatic rings. The van der Waals surface area contributed by atoms with Gasteiger partial charge in [-0.15, -0.1) is 21.5 Å². The molecule has 1 fully saturated rings. The van der Waals surface area contributed by atoms with Crippen LogP contribution in [0.25, 0.3) is 22.0 Å². The number of benzene rings is 1. The van der Waals surface area contributed by atoms with Crippen LogP contribution in [0, 0.1) is 0 Å². The normalized spacial score (nSPS) is 13.2. The number of carbonyl (C=O) groups excluding carboxylic acids is 2. The summed E-state index contributed by atoms with van der Waals surface area (Å²) in [6.45, 7) is 3.63. The number of nitrogens with zero attached hydrogens (tertiary/aromatic N) is 7. The van der Waals surface area contributed by atoms with Gasteiger partial charge in [0, 0.05) is 48.5 Å². The predicted molar refractivity (Wildman–Crippen MR) is 141 cm³/mol. The van der Waals surface area contributed by atoms with Crippen LogP contribution in [0.2, 0.25) is 0 Å². The van der Waals surface area contributed by atoms with Gasteiger partial charge in [0.05, 0.1) is 12.9 Å². The Balaban J connectivity index is 1.25. The van der Waals surface area contributed by atoms with Crippen molar-refractivity contribution in [1.82, 2.24) is 34.8 Å². The van der Waals surface area contributed by atoms with Gasteiger partial charge in [-0.2, -0.15) is 0 Å². The molecule has 190 valence electrons. The van der Waals surface area contributed by atoms with Crippen molar-refractivity contribution in [2.75, 3.05) is 26.0 Å². The van der Waals surface area contributed by atoms with E-state index >= 15 is 0 Å². The van der Waals surface area contributed by atoms with E-state index in [1.807, 2.05) is 47.9 Å². The van der Waals surface area contributed by atoms with Crippen molar-refractivity contribution < 1.29 is 14.3 Å². The van der Waals surface area contributed by atoms with Gasteiger partial charge in [-0.1, -0.05) is 11.8 Å².